The van der Waals surface area contributed by atoms with Crippen LogP contribution >= 0.6 is 0 Å². The molecule has 4 heteroatoms. The number of nitrogens with two attached hydrogens (primary N) is 1. The summed E-state index contributed by atoms with van der Waals surface area (Å²) in [5.74, 6) is 0.773. The average Bonchev–Trinajstić information content (AvgIpc) is 2.50. The van der Waals surface area contributed by atoms with Gasteiger partial charge in [0.15, 0.2) is 0 Å². The lowest BCUT2D eigenvalue weighted by Gasteiger charge is -2.38. The standard InChI is InChI=1S/C11H20N2O2/c1-15-7-11(14)13-9-2-3-10(13)5-8(4-9)6-12/h8-10H,2-7,12H2,1H3/t8?,9-,10+. The number of hydrogen-bond donors (Lipinski definition) is 1. The summed E-state index contributed by atoms with van der Waals surface area (Å²) in [4.78, 5) is 13.9. The minimum Gasteiger partial charge on any atom is -0.375 e. The number of fused-ring (bicyclic) bond motifs is 2. The molecule has 15 heavy (non-hydrogen) atoms. The predicted octanol–water partition coefficient (Wildman–Crippen LogP) is 0.361. The van der Waals surface area contributed by atoms with Crippen LogP contribution < -0.4 is 5.73 Å². The number of rotatable bonds is 3. The minimum atomic E-state index is 0.153. The number of hydrogen-bond acceptors (Lipinski definition) is 3. The van der Waals surface area contributed by atoms with Gasteiger partial charge in [-0.2, -0.15) is 0 Å². The summed E-state index contributed by atoms with van der Waals surface area (Å²) in [5, 5.41) is 0. The molecule has 86 valence electrons. The van der Waals surface area contributed by atoms with E-state index in [9.17, 15) is 4.79 Å². The first-order chi connectivity index (χ1) is 7.26. The minimum absolute atomic E-state index is 0.153. The molecule has 0 aromatic carbocycles. The number of amides is 1. The highest BCUT2D eigenvalue weighted by atomic mass is 16.5. The molecule has 0 spiro atoms. The summed E-state index contributed by atoms with van der Waals surface area (Å²) < 4.78 is 4.92. The van der Waals surface area contributed by atoms with E-state index >= 15 is 0 Å². The van der Waals surface area contributed by atoms with Gasteiger partial charge < -0.3 is 15.4 Å². The van der Waals surface area contributed by atoms with E-state index in [1.807, 2.05) is 0 Å². The number of carbonyl (C=O) groups excluding carboxylic acids is 1. The molecule has 2 aliphatic heterocycles. The second-order valence-electron chi connectivity index (χ2n) is 4.69. The highest BCUT2D eigenvalue weighted by Crippen LogP contribution is 2.38. The Morgan fingerprint density at radius 3 is 2.47 bits per heavy atom. The van der Waals surface area contributed by atoms with Crippen LogP contribution in [-0.2, 0) is 9.53 Å². The lowest BCUT2D eigenvalue weighted by molar-refractivity contribution is -0.140. The SMILES string of the molecule is COCC(=O)N1[C@@H]2CC[C@H]1CC(CN)C2. The molecule has 0 radical (unpaired) electrons. The van der Waals surface area contributed by atoms with Crippen molar-refractivity contribution in [3.05, 3.63) is 0 Å². The Morgan fingerprint density at radius 1 is 1.40 bits per heavy atom. The molecule has 2 fully saturated rings. The number of nitrogens with zero attached hydrogens (tertiary/aromatic N) is 1. The van der Waals surface area contributed by atoms with Gasteiger partial charge in [0.1, 0.15) is 6.61 Å². The molecule has 2 bridgehead atoms. The molecule has 0 aromatic heterocycles. The third-order valence-corrected chi connectivity index (χ3v) is 3.72. The quantitative estimate of drug-likeness (QED) is 0.735. The first-order valence-corrected chi connectivity index (χ1v) is 5.76. The van der Waals surface area contributed by atoms with Gasteiger partial charge >= 0.3 is 0 Å². The topological polar surface area (TPSA) is 55.6 Å². The van der Waals surface area contributed by atoms with Crippen molar-refractivity contribution in [1.82, 2.24) is 4.90 Å². The summed E-state index contributed by atoms with van der Waals surface area (Å²) in [7, 11) is 1.58. The van der Waals surface area contributed by atoms with Gasteiger partial charge in [-0.1, -0.05) is 0 Å². The normalized spacial score (nSPS) is 34.5. The van der Waals surface area contributed by atoms with Crippen LogP contribution in [0, 0.1) is 5.92 Å². The zero-order valence-electron chi connectivity index (χ0n) is 9.32. The molecular weight excluding hydrogens is 192 g/mol. The molecule has 2 aliphatic rings. The van der Waals surface area contributed by atoms with E-state index in [1.165, 1.54) is 0 Å². The van der Waals surface area contributed by atoms with Crippen molar-refractivity contribution in [3.8, 4) is 0 Å². The van der Waals surface area contributed by atoms with Crippen molar-refractivity contribution in [3.63, 3.8) is 0 Å². The molecule has 0 aliphatic carbocycles. The fourth-order valence-corrected chi connectivity index (χ4v) is 3.09. The smallest absolute Gasteiger partial charge is 0.249 e. The fraction of sp³-hybridized carbons (Fsp3) is 0.909. The van der Waals surface area contributed by atoms with E-state index in [2.05, 4.69) is 4.90 Å². The third kappa shape index (κ3) is 2.01. The monoisotopic (exact) mass is 212 g/mol. The van der Waals surface area contributed by atoms with Crippen LogP contribution in [-0.4, -0.2) is 43.2 Å². The van der Waals surface area contributed by atoms with Gasteiger partial charge in [0.05, 0.1) is 0 Å². The van der Waals surface area contributed by atoms with Gasteiger partial charge in [-0.25, -0.2) is 0 Å². The Kier molecular flexibility index (Phi) is 3.26. The van der Waals surface area contributed by atoms with E-state index in [0.717, 1.165) is 32.2 Å². The second kappa shape index (κ2) is 4.49. The molecular formula is C11H20N2O2. The zero-order valence-corrected chi connectivity index (χ0v) is 9.32. The molecule has 2 heterocycles. The average molecular weight is 212 g/mol. The van der Waals surface area contributed by atoms with Crippen LogP contribution in [0.15, 0.2) is 0 Å². The van der Waals surface area contributed by atoms with Crippen LogP contribution in [0.5, 0.6) is 0 Å². The van der Waals surface area contributed by atoms with E-state index in [1.54, 1.807) is 7.11 Å². The Bertz CT molecular complexity index is 231. The Balaban J connectivity index is 2.01. The number of piperidine rings is 1. The van der Waals surface area contributed by atoms with Crippen molar-refractivity contribution in [2.75, 3.05) is 20.3 Å². The Morgan fingerprint density at radius 2 is 2.00 bits per heavy atom. The predicted molar refractivity (Wildman–Crippen MR) is 57.3 cm³/mol. The van der Waals surface area contributed by atoms with Crippen LogP contribution in [0.2, 0.25) is 0 Å². The lowest BCUT2D eigenvalue weighted by atomic mass is 9.91. The second-order valence-corrected chi connectivity index (χ2v) is 4.69. The number of methoxy groups -OCH3 is 1. The van der Waals surface area contributed by atoms with Gasteiger partial charge in [-0.3, -0.25) is 4.79 Å². The summed E-state index contributed by atoms with van der Waals surface area (Å²) >= 11 is 0. The maximum Gasteiger partial charge on any atom is 0.249 e. The highest BCUT2D eigenvalue weighted by Gasteiger charge is 2.42. The van der Waals surface area contributed by atoms with Crippen molar-refractivity contribution in [1.29, 1.82) is 0 Å². The zero-order chi connectivity index (χ0) is 10.8. The van der Waals surface area contributed by atoms with Crippen molar-refractivity contribution >= 4 is 5.91 Å². The molecule has 1 unspecified atom stereocenters. The van der Waals surface area contributed by atoms with Crippen molar-refractivity contribution in [2.24, 2.45) is 11.7 Å². The van der Waals surface area contributed by atoms with Crippen LogP contribution in [0.3, 0.4) is 0 Å². The Labute approximate surface area is 90.8 Å². The number of ether oxygens (including phenoxy) is 1. The molecule has 0 aromatic rings. The highest BCUT2D eigenvalue weighted by molar-refractivity contribution is 5.78. The van der Waals surface area contributed by atoms with Crippen LogP contribution in [0.1, 0.15) is 25.7 Å². The van der Waals surface area contributed by atoms with Gasteiger partial charge in [0, 0.05) is 19.2 Å². The lowest BCUT2D eigenvalue weighted by Crippen LogP contribution is -2.48. The van der Waals surface area contributed by atoms with E-state index in [-0.39, 0.29) is 12.5 Å². The fourth-order valence-electron chi connectivity index (χ4n) is 3.09. The third-order valence-electron chi connectivity index (χ3n) is 3.72. The van der Waals surface area contributed by atoms with Crippen molar-refractivity contribution < 1.29 is 9.53 Å². The molecule has 2 rings (SSSR count). The van der Waals surface area contributed by atoms with Crippen LogP contribution in [0.25, 0.3) is 0 Å². The first-order valence-electron chi connectivity index (χ1n) is 5.76. The van der Waals surface area contributed by atoms with E-state index in [0.29, 0.717) is 18.0 Å². The maximum atomic E-state index is 11.8. The molecule has 2 saturated heterocycles. The summed E-state index contributed by atoms with van der Waals surface area (Å²) in [6, 6.07) is 0.861. The Hall–Kier alpha value is -0.610. The molecule has 0 saturated carbocycles. The maximum absolute atomic E-state index is 11.8. The molecule has 4 nitrogen and oxygen atoms in total. The molecule has 1 amide bonds. The van der Waals surface area contributed by atoms with Crippen LogP contribution in [0.4, 0.5) is 0 Å². The van der Waals surface area contributed by atoms with Crippen molar-refractivity contribution in [2.45, 2.75) is 37.8 Å². The summed E-state index contributed by atoms with van der Waals surface area (Å²) in [6.07, 6.45) is 4.47. The first kappa shape index (κ1) is 10.9. The van der Waals surface area contributed by atoms with E-state index in [4.69, 9.17) is 10.5 Å². The molecule has 3 atom stereocenters. The van der Waals surface area contributed by atoms with Gasteiger partial charge in [-0.05, 0) is 38.1 Å². The molecule has 2 N–H and O–H groups in total. The van der Waals surface area contributed by atoms with Gasteiger partial charge in [0.2, 0.25) is 5.91 Å². The number of carbonyl (C=O) groups is 1. The largest absolute Gasteiger partial charge is 0.375 e. The van der Waals surface area contributed by atoms with Gasteiger partial charge in [-0.15, -0.1) is 0 Å². The van der Waals surface area contributed by atoms with Gasteiger partial charge in [0.25, 0.3) is 0 Å². The summed E-state index contributed by atoms with van der Waals surface area (Å²) in [5.41, 5.74) is 5.71. The summed E-state index contributed by atoms with van der Waals surface area (Å²) in [6.45, 7) is 0.986. The van der Waals surface area contributed by atoms with E-state index < -0.39 is 0 Å².